The van der Waals surface area contributed by atoms with E-state index >= 15 is 0 Å². The first-order chi connectivity index (χ1) is 11.3. The summed E-state index contributed by atoms with van der Waals surface area (Å²) in [6.07, 6.45) is 1.51. The minimum absolute atomic E-state index is 0.200. The van der Waals surface area contributed by atoms with Crippen molar-refractivity contribution in [3.8, 4) is 0 Å². The Morgan fingerprint density at radius 1 is 1.17 bits per heavy atom. The molecule has 0 unspecified atom stereocenters. The van der Waals surface area contributed by atoms with Crippen molar-refractivity contribution in [2.75, 3.05) is 31.4 Å². The van der Waals surface area contributed by atoms with E-state index in [1.54, 1.807) is 25.1 Å². The van der Waals surface area contributed by atoms with Gasteiger partial charge in [0.25, 0.3) is 5.91 Å². The van der Waals surface area contributed by atoms with Crippen molar-refractivity contribution in [2.45, 2.75) is 0 Å². The Bertz CT molecular complexity index is 794. The van der Waals surface area contributed by atoms with E-state index in [0.29, 0.717) is 11.9 Å². The number of methoxy groups -OCH3 is 1. The predicted octanol–water partition coefficient (Wildman–Crippen LogP) is 2.46. The van der Waals surface area contributed by atoms with Crippen molar-refractivity contribution in [3.63, 3.8) is 0 Å². The predicted molar refractivity (Wildman–Crippen MR) is 84.2 cm³/mol. The van der Waals surface area contributed by atoms with Crippen molar-refractivity contribution in [2.24, 2.45) is 0 Å². The third kappa shape index (κ3) is 3.48. The zero-order valence-electron chi connectivity index (χ0n) is 13.3. The van der Waals surface area contributed by atoms with Crippen LogP contribution in [0.5, 0.6) is 0 Å². The Hall–Kier alpha value is -3.03. The van der Waals surface area contributed by atoms with Crippen LogP contribution in [0.3, 0.4) is 0 Å². The first kappa shape index (κ1) is 17.3. The molecule has 1 N–H and O–H groups in total. The van der Waals surface area contributed by atoms with E-state index in [-0.39, 0.29) is 11.3 Å². The van der Waals surface area contributed by atoms with Crippen molar-refractivity contribution in [1.29, 1.82) is 0 Å². The lowest BCUT2D eigenvalue weighted by Gasteiger charge is -2.16. The van der Waals surface area contributed by atoms with Gasteiger partial charge in [-0.1, -0.05) is 0 Å². The summed E-state index contributed by atoms with van der Waals surface area (Å²) in [5.74, 6) is -3.33. The van der Waals surface area contributed by atoms with Crippen LogP contribution in [-0.2, 0) is 4.74 Å². The smallest absolute Gasteiger partial charge is 0.340 e. The quantitative estimate of drug-likeness (QED) is 0.869. The maximum absolute atomic E-state index is 13.9. The molecule has 2 aromatic rings. The highest BCUT2D eigenvalue weighted by Gasteiger charge is 2.20. The third-order valence-electron chi connectivity index (χ3n) is 3.17. The normalized spacial score (nSPS) is 10.2. The van der Waals surface area contributed by atoms with E-state index in [9.17, 15) is 18.4 Å². The van der Waals surface area contributed by atoms with Crippen molar-refractivity contribution < 1.29 is 23.1 Å². The second-order valence-electron chi connectivity index (χ2n) is 5.03. The van der Waals surface area contributed by atoms with Gasteiger partial charge in [-0.3, -0.25) is 4.79 Å². The second kappa shape index (κ2) is 7.03. The van der Waals surface area contributed by atoms with Crippen LogP contribution >= 0.6 is 0 Å². The summed E-state index contributed by atoms with van der Waals surface area (Å²) in [6.45, 7) is 0. The number of ether oxygens (including phenoxy) is 1. The summed E-state index contributed by atoms with van der Waals surface area (Å²) in [7, 11) is 4.47. The van der Waals surface area contributed by atoms with Crippen LogP contribution in [0.1, 0.15) is 20.7 Å². The van der Waals surface area contributed by atoms with Crippen molar-refractivity contribution in [1.82, 2.24) is 4.98 Å². The maximum atomic E-state index is 13.9. The summed E-state index contributed by atoms with van der Waals surface area (Å²) in [4.78, 5) is 29.6. The lowest BCUT2D eigenvalue weighted by atomic mass is 10.1. The Morgan fingerprint density at radius 3 is 2.50 bits per heavy atom. The van der Waals surface area contributed by atoms with E-state index in [4.69, 9.17) is 0 Å². The number of esters is 1. The largest absolute Gasteiger partial charge is 0.465 e. The lowest BCUT2D eigenvalue weighted by molar-refractivity contribution is 0.0595. The Balaban J connectivity index is 2.38. The van der Waals surface area contributed by atoms with E-state index in [0.717, 1.165) is 13.2 Å². The van der Waals surface area contributed by atoms with Crippen molar-refractivity contribution >= 4 is 23.4 Å². The van der Waals surface area contributed by atoms with Gasteiger partial charge in [-0.25, -0.2) is 18.6 Å². The molecule has 0 fully saturated rings. The molecule has 1 aromatic carbocycles. The molecule has 0 radical (unpaired) electrons. The molecule has 126 valence electrons. The number of hydrogen-bond acceptors (Lipinski definition) is 5. The van der Waals surface area contributed by atoms with Crippen LogP contribution in [0.4, 0.5) is 20.3 Å². The molecular formula is C16H15F2N3O3. The number of aromatic nitrogens is 1. The standard InChI is InChI=1S/C16H15F2N3O3/c1-21(2)14-9(5-4-6-19-14)15(22)20-13-7-10(16(23)24-3)11(17)8-12(13)18/h4-8H,1-3H3,(H,20,22). The Labute approximate surface area is 137 Å². The molecule has 8 heteroatoms. The number of nitrogens with one attached hydrogen (secondary N) is 1. The van der Waals surface area contributed by atoms with Crippen LogP contribution < -0.4 is 10.2 Å². The molecule has 1 amide bonds. The maximum Gasteiger partial charge on any atom is 0.340 e. The van der Waals surface area contributed by atoms with Gasteiger partial charge in [0.1, 0.15) is 17.5 Å². The number of carbonyl (C=O) groups excluding carboxylic acids is 2. The molecule has 0 saturated heterocycles. The molecular weight excluding hydrogens is 320 g/mol. The van der Waals surface area contributed by atoms with Crippen LogP contribution in [0.2, 0.25) is 0 Å². The van der Waals surface area contributed by atoms with Gasteiger partial charge in [0.2, 0.25) is 0 Å². The summed E-state index contributed by atoms with van der Waals surface area (Å²) in [5.41, 5.74) is -0.616. The molecule has 0 atom stereocenters. The fourth-order valence-electron chi connectivity index (χ4n) is 2.03. The van der Waals surface area contributed by atoms with Gasteiger partial charge in [-0.15, -0.1) is 0 Å². The summed E-state index contributed by atoms with van der Waals surface area (Å²) in [5, 5.41) is 2.31. The molecule has 0 aliphatic rings. The molecule has 1 heterocycles. The molecule has 24 heavy (non-hydrogen) atoms. The number of amides is 1. The number of hydrogen-bond donors (Lipinski definition) is 1. The first-order valence-electron chi connectivity index (χ1n) is 6.86. The van der Waals surface area contributed by atoms with Crippen molar-refractivity contribution in [3.05, 3.63) is 53.2 Å². The Kier molecular flexibility index (Phi) is 5.08. The highest BCUT2D eigenvalue weighted by atomic mass is 19.1. The zero-order valence-corrected chi connectivity index (χ0v) is 13.3. The fourth-order valence-corrected chi connectivity index (χ4v) is 2.03. The molecule has 0 aliphatic heterocycles. The van der Waals surface area contributed by atoms with Gasteiger partial charge in [-0.2, -0.15) is 0 Å². The van der Waals surface area contributed by atoms with Gasteiger partial charge < -0.3 is 15.0 Å². The number of rotatable bonds is 4. The number of nitrogens with zero attached hydrogens (tertiary/aromatic N) is 2. The highest BCUT2D eigenvalue weighted by Crippen LogP contribution is 2.22. The van der Waals surface area contributed by atoms with Gasteiger partial charge >= 0.3 is 5.97 Å². The van der Waals surface area contributed by atoms with Gasteiger partial charge in [-0.05, 0) is 18.2 Å². The number of anilines is 2. The number of benzene rings is 1. The first-order valence-corrected chi connectivity index (χ1v) is 6.86. The zero-order chi connectivity index (χ0) is 17.9. The average Bonchev–Trinajstić information content (AvgIpc) is 2.56. The highest BCUT2D eigenvalue weighted by molar-refractivity contribution is 6.08. The summed E-state index contributed by atoms with van der Waals surface area (Å²) < 4.78 is 31.9. The molecule has 0 spiro atoms. The molecule has 2 rings (SSSR count). The van der Waals surface area contributed by atoms with Crippen LogP contribution in [-0.4, -0.2) is 38.1 Å². The minimum atomic E-state index is -1.08. The minimum Gasteiger partial charge on any atom is -0.465 e. The van der Waals surface area contributed by atoms with Crippen LogP contribution in [0.25, 0.3) is 0 Å². The lowest BCUT2D eigenvalue weighted by Crippen LogP contribution is -2.20. The molecule has 6 nitrogen and oxygen atoms in total. The molecule has 0 bridgehead atoms. The second-order valence-corrected chi connectivity index (χ2v) is 5.03. The topological polar surface area (TPSA) is 71.5 Å². The fraction of sp³-hybridized carbons (Fsp3) is 0.188. The number of pyridine rings is 1. The molecule has 1 aromatic heterocycles. The third-order valence-corrected chi connectivity index (χ3v) is 3.17. The average molecular weight is 335 g/mol. The van der Waals surface area contributed by atoms with E-state index in [1.807, 2.05) is 0 Å². The van der Waals surface area contributed by atoms with Gasteiger partial charge in [0.05, 0.1) is 23.9 Å². The van der Waals surface area contributed by atoms with Gasteiger partial charge in [0.15, 0.2) is 0 Å². The summed E-state index contributed by atoms with van der Waals surface area (Å²) in [6, 6.07) is 4.47. The van der Waals surface area contributed by atoms with E-state index < -0.39 is 29.1 Å². The number of halogens is 2. The SMILES string of the molecule is COC(=O)c1cc(NC(=O)c2cccnc2N(C)C)c(F)cc1F. The molecule has 0 saturated carbocycles. The van der Waals surface area contributed by atoms with Gasteiger partial charge in [0, 0.05) is 26.4 Å². The summed E-state index contributed by atoms with van der Waals surface area (Å²) >= 11 is 0. The van der Waals surface area contributed by atoms with Crippen LogP contribution in [0, 0.1) is 11.6 Å². The monoisotopic (exact) mass is 335 g/mol. The molecule has 0 aliphatic carbocycles. The van der Waals surface area contributed by atoms with E-state index in [2.05, 4.69) is 15.0 Å². The Morgan fingerprint density at radius 2 is 1.88 bits per heavy atom. The van der Waals surface area contributed by atoms with Crippen LogP contribution in [0.15, 0.2) is 30.5 Å². The number of carbonyl (C=O) groups is 2. The van der Waals surface area contributed by atoms with E-state index in [1.165, 1.54) is 12.3 Å².